The van der Waals surface area contributed by atoms with Gasteiger partial charge in [0, 0.05) is 19.3 Å². The van der Waals surface area contributed by atoms with Crippen molar-refractivity contribution in [3.8, 4) is 0 Å². The van der Waals surface area contributed by atoms with E-state index >= 15 is 0 Å². The van der Waals surface area contributed by atoms with Crippen LogP contribution < -0.4 is 4.90 Å². The van der Waals surface area contributed by atoms with Gasteiger partial charge in [0.1, 0.15) is 0 Å². The normalized spacial score (nSPS) is 21.6. The van der Waals surface area contributed by atoms with E-state index in [-0.39, 0.29) is 5.69 Å². The Morgan fingerprint density at radius 1 is 1.41 bits per heavy atom. The van der Waals surface area contributed by atoms with Gasteiger partial charge in [-0.2, -0.15) is 13.2 Å². The number of rotatable bonds is 1. The molecule has 1 fully saturated rings. The average Bonchev–Trinajstić information content (AvgIpc) is 2.28. The molecule has 5 heteroatoms. The highest BCUT2D eigenvalue weighted by molar-refractivity contribution is 5.52. The molecule has 1 aliphatic heterocycles. The van der Waals surface area contributed by atoms with Gasteiger partial charge in [0.2, 0.25) is 0 Å². The van der Waals surface area contributed by atoms with Crippen LogP contribution in [0.5, 0.6) is 0 Å². The molecule has 0 aromatic carbocycles. The fourth-order valence-corrected chi connectivity index (χ4v) is 2.28. The molecule has 0 aliphatic carbocycles. The van der Waals surface area contributed by atoms with Gasteiger partial charge >= 0.3 is 6.18 Å². The van der Waals surface area contributed by atoms with Crippen molar-refractivity contribution in [3.05, 3.63) is 24.0 Å². The van der Waals surface area contributed by atoms with E-state index in [1.807, 2.05) is 0 Å². The van der Waals surface area contributed by atoms with Crippen LogP contribution in [0.4, 0.5) is 18.9 Å². The molecule has 1 saturated heterocycles. The van der Waals surface area contributed by atoms with Gasteiger partial charge in [-0.15, -0.1) is 0 Å². The summed E-state index contributed by atoms with van der Waals surface area (Å²) in [5.74, 6) is 0.435. The van der Waals surface area contributed by atoms with Crippen LogP contribution in [0.3, 0.4) is 0 Å². The topological polar surface area (TPSA) is 16.1 Å². The minimum absolute atomic E-state index is 0.214. The summed E-state index contributed by atoms with van der Waals surface area (Å²) >= 11 is 0. The number of alkyl halides is 3. The first-order chi connectivity index (χ1) is 7.98. The molecule has 1 aromatic heterocycles. The average molecular weight is 244 g/mol. The fraction of sp³-hybridized carbons (Fsp3) is 0.583. The van der Waals surface area contributed by atoms with E-state index in [1.54, 1.807) is 11.0 Å². The number of piperidine rings is 1. The van der Waals surface area contributed by atoms with Gasteiger partial charge in [-0.1, -0.05) is 6.92 Å². The molecule has 2 nitrogen and oxygen atoms in total. The predicted octanol–water partition coefficient (Wildman–Crippen LogP) is 3.34. The molecule has 17 heavy (non-hydrogen) atoms. The first-order valence-electron chi connectivity index (χ1n) is 5.75. The van der Waals surface area contributed by atoms with Gasteiger partial charge < -0.3 is 4.90 Å². The Labute approximate surface area is 98.5 Å². The monoisotopic (exact) mass is 244 g/mol. The minimum Gasteiger partial charge on any atom is -0.370 e. The van der Waals surface area contributed by atoms with Crippen LogP contribution in [0.15, 0.2) is 18.3 Å². The zero-order chi connectivity index (χ0) is 12.5. The first-order valence-corrected chi connectivity index (χ1v) is 5.75. The molecule has 0 radical (unpaired) electrons. The lowest BCUT2D eigenvalue weighted by Gasteiger charge is -2.33. The Morgan fingerprint density at radius 2 is 2.18 bits per heavy atom. The number of hydrogen-bond acceptors (Lipinski definition) is 2. The second-order valence-electron chi connectivity index (χ2n) is 4.56. The first kappa shape index (κ1) is 12.2. The van der Waals surface area contributed by atoms with Crippen LogP contribution in [0.25, 0.3) is 0 Å². The van der Waals surface area contributed by atoms with Gasteiger partial charge in [-0.25, -0.2) is 4.98 Å². The predicted molar refractivity (Wildman–Crippen MR) is 59.9 cm³/mol. The van der Waals surface area contributed by atoms with E-state index < -0.39 is 11.9 Å². The lowest BCUT2D eigenvalue weighted by Crippen LogP contribution is -2.35. The Kier molecular flexibility index (Phi) is 3.26. The number of hydrogen-bond donors (Lipinski definition) is 0. The lowest BCUT2D eigenvalue weighted by molar-refractivity contribution is -0.140. The highest BCUT2D eigenvalue weighted by Crippen LogP contribution is 2.36. The van der Waals surface area contributed by atoms with Crippen molar-refractivity contribution in [2.45, 2.75) is 25.9 Å². The molecule has 0 bridgehead atoms. The molecule has 0 saturated carbocycles. The summed E-state index contributed by atoms with van der Waals surface area (Å²) in [6.07, 6.45) is -1.16. The Morgan fingerprint density at radius 3 is 2.82 bits per heavy atom. The van der Waals surface area contributed by atoms with E-state index in [0.29, 0.717) is 19.0 Å². The van der Waals surface area contributed by atoms with Crippen molar-refractivity contribution in [2.24, 2.45) is 5.92 Å². The number of nitrogens with zero attached hydrogens (tertiary/aromatic N) is 2. The maximum Gasteiger partial charge on any atom is 0.435 e. The molecule has 1 aliphatic rings. The van der Waals surface area contributed by atoms with Crippen molar-refractivity contribution in [1.29, 1.82) is 0 Å². The third-order valence-corrected chi connectivity index (χ3v) is 3.05. The Hall–Kier alpha value is -1.26. The maximum atomic E-state index is 12.8. The summed E-state index contributed by atoms with van der Waals surface area (Å²) in [5, 5.41) is 0. The van der Waals surface area contributed by atoms with E-state index in [2.05, 4.69) is 11.9 Å². The summed E-state index contributed by atoms with van der Waals surface area (Å²) in [5.41, 5.74) is -0.555. The molecule has 1 atom stereocenters. The fourth-order valence-electron chi connectivity index (χ4n) is 2.28. The summed E-state index contributed by atoms with van der Waals surface area (Å²) in [6, 6.07) is 3.07. The smallest absolute Gasteiger partial charge is 0.370 e. The van der Waals surface area contributed by atoms with Crippen molar-refractivity contribution in [1.82, 2.24) is 4.98 Å². The van der Waals surface area contributed by atoms with Crippen molar-refractivity contribution < 1.29 is 13.2 Å². The molecule has 2 heterocycles. The van der Waals surface area contributed by atoms with E-state index in [0.717, 1.165) is 12.8 Å². The summed E-state index contributed by atoms with van der Waals surface area (Å²) < 4.78 is 38.4. The minimum atomic E-state index is -4.38. The van der Waals surface area contributed by atoms with E-state index in [1.165, 1.54) is 12.3 Å². The standard InChI is InChI=1S/C12H15F3N2/c1-9-4-3-7-17(8-9)10-5-2-6-16-11(10)12(13,14)15/h2,5-6,9H,3-4,7-8H2,1H3/t9-/m1/s1. The Balaban J connectivity index is 2.31. The van der Waals surface area contributed by atoms with Gasteiger partial charge in [0.05, 0.1) is 5.69 Å². The van der Waals surface area contributed by atoms with Crippen LogP contribution in [-0.4, -0.2) is 18.1 Å². The lowest BCUT2D eigenvalue weighted by atomic mass is 9.99. The summed E-state index contributed by atoms with van der Waals surface area (Å²) in [4.78, 5) is 5.28. The van der Waals surface area contributed by atoms with Gasteiger partial charge in [-0.05, 0) is 30.9 Å². The van der Waals surface area contributed by atoms with Crippen LogP contribution in [-0.2, 0) is 6.18 Å². The Bertz CT molecular complexity index is 390. The second-order valence-corrected chi connectivity index (χ2v) is 4.56. The number of halogens is 3. The number of aromatic nitrogens is 1. The molecular weight excluding hydrogens is 229 g/mol. The van der Waals surface area contributed by atoms with Crippen LogP contribution in [0.2, 0.25) is 0 Å². The summed E-state index contributed by atoms with van der Waals surface area (Å²) in [6.45, 7) is 3.42. The molecule has 2 rings (SSSR count). The zero-order valence-electron chi connectivity index (χ0n) is 9.67. The molecule has 1 aromatic rings. The van der Waals surface area contributed by atoms with Crippen LogP contribution in [0, 0.1) is 5.92 Å². The summed E-state index contributed by atoms with van der Waals surface area (Å²) in [7, 11) is 0. The number of anilines is 1. The third-order valence-electron chi connectivity index (χ3n) is 3.05. The molecule has 0 amide bonds. The van der Waals surface area contributed by atoms with E-state index in [4.69, 9.17) is 0 Å². The third kappa shape index (κ3) is 2.70. The van der Waals surface area contributed by atoms with Gasteiger partial charge in [-0.3, -0.25) is 0 Å². The van der Waals surface area contributed by atoms with Crippen molar-refractivity contribution in [2.75, 3.05) is 18.0 Å². The zero-order valence-corrected chi connectivity index (χ0v) is 9.67. The van der Waals surface area contributed by atoms with E-state index in [9.17, 15) is 13.2 Å². The highest BCUT2D eigenvalue weighted by Gasteiger charge is 2.37. The molecule has 94 valence electrons. The SMILES string of the molecule is C[C@@H]1CCCN(c2cccnc2C(F)(F)F)C1. The molecular formula is C12H15F3N2. The van der Waals surface area contributed by atoms with Gasteiger partial charge in [0.25, 0.3) is 0 Å². The number of pyridine rings is 1. The van der Waals surface area contributed by atoms with Crippen LogP contribution in [0.1, 0.15) is 25.5 Å². The van der Waals surface area contributed by atoms with Crippen molar-refractivity contribution >= 4 is 5.69 Å². The second kappa shape index (κ2) is 4.55. The molecule has 0 N–H and O–H groups in total. The van der Waals surface area contributed by atoms with Gasteiger partial charge in [0.15, 0.2) is 5.69 Å². The van der Waals surface area contributed by atoms with Crippen LogP contribution >= 0.6 is 0 Å². The largest absolute Gasteiger partial charge is 0.435 e. The highest BCUT2D eigenvalue weighted by atomic mass is 19.4. The maximum absolute atomic E-state index is 12.8. The van der Waals surface area contributed by atoms with Crippen molar-refractivity contribution in [3.63, 3.8) is 0 Å². The quantitative estimate of drug-likeness (QED) is 0.753. The molecule has 0 unspecified atom stereocenters. The molecule has 0 spiro atoms.